The SMILES string of the molecule is COc1cc2c(cc1OC)C1CC(N)C(N3C[C@H](CF)CC3=O)CN1CC2.Cl.Cl. The highest BCUT2D eigenvalue weighted by molar-refractivity contribution is 5.85. The second-order valence-corrected chi connectivity index (χ2v) is 7.90. The lowest BCUT2D eigenvalue weighted by atomic mass is 9.83. The van der Waals surface area contributed by atoms with Crippen LogP contribution in [0.2, 0.25) is 0 Å². The zero-order valence-corrected chi connectivity index (χ0v) is 18.4. The molecule has 4 atom stereocenters. The number of likely N-dealkylation sites (tertiary alicyclic amines) is 1. The van der Waals surface area contributed by atoms with E-state index < -0.39 is 6.67 Å². The molecule has 3 aliphatic rings. The first-order valence-electron chi connectivity index (χ1n) is 9.65. The monoisotopic (exact) mass is 449 g/mol. The van der Waals surface area contributed by atoms with Gasteiger partial charge in [0.05, 0.1) is 26.9 Å². The van der Waals surface area contributed by atoms with E-state index in [4.69, 9.17) is 15.2 Å². The van der Waals surface area contributed by atoms with Crippen LogP contribution < -0.4 is 15.2 Å². The van der Waals surface area contributed by atoms with Gasteiger partial charge in [-0.15, -0.1) is 24.8 Å². The number of benzene rings is 1. The summed E-state index contributed by atoms with van der Waals surface area (Å²) in [6.45, 7) is 1.72. The van der Waals surface area contributed by atoms with Gasteiger partial charge in [-0.1, -0.05) is 0 Å². The third-order valence-corrected chi connectivity index (χ3v) is 6.38. The molecular formula is C20H30Cl2FN3O3. The van der Waals surface area contributed by atoms with Crippen molar-refractivity contribution in [3.8, 4) is 11.5 Å². The van der Waals surface area contributed by atoms with Crippen molar-refractivity contribution in [2.45, 2.75) is 37.4 Å². The molecule has 0 radical (unpaired) electrons. The molecule has 164 valence electrons. The van der Waals surface area contributed by atoms with E-state index in [1.54, 1.807) is 14.2 Å². The molecule has 0 bridgehead atoms. The third-order valence-electron chi connectivity index (χ3n) is 6.38. The van der Waals surface area contributed by atoms with E-state index >= 15 is 0 Å². The quantitative estimate of drug-likeness (QED) is 0.763. The van der Waals surface area contributed by atoms with Crippen LogP contribution in [0, 0.1) is 5.92 Å². The number of nitrogens with zero attached hydrogens (tertiary/aromatic N) is 2. The van der Waals surface area contributed by atoms with Crippen molar-refractivity contribution in [3.05, 3.63) is 23.3 Å². The molecule has 1 aromatic carbocycles. The summed E-state index contributed by atoms with van der Waals surface area (Å²) < 4.78 is 24.0. The van der Waals surface area contributed by atoms with E-state index in [2.05, 4.69) is 17.0 Å². The summed E-state index contributed by atoms with van der Waals surface area (Å²) >= 11 is 0. The Balaban J connectivity index is 0.00000150. The Bertz CT molecular complexity index is 739. The second kappa shape index (κ2) is 9.69. The number of carbonyl (C=O) groups is 1. The summed E-state index contributed by atoms with van der Waals surface area (Å²) in [6, 6.07) is 4.20. The van der Waals surface area contributed by atoms with Gasteiger partial charge in [0, 0.05) is 44.1 Å². The molecule has 3 heterocycles. The van der Waals surface area contributed by atoms with E-state index in [9.17, 15) is 9.18 Å². The third kappa shape index (κ3) is 4.29. The number of halogens is 3. The van der Waals surface area contributed by atoms with Crippen LogP contribution in [0.1, 0.15) is 30.0 Å². The summed E-state index contributed by atoms with van der Waals surface area (Å²) in [4.78, 5) is 16.6. The molecule has 2 fully saturated rings. The zero-order chi connectivity index (χ0) is 19.1. The average Bonchev–Trinajstić information content (AvgIpc) is 3.06. The van der Waals surface area contributed by atoms with E-state index in [0.29, 0.717) is 13.0 Å². The Morgan fingerprint density at radius 3 is 2.48 bits per heavy atom. The number of nitrogens with two attached hydrogens (primary N) is 1. The molecule has 9 heteroatoms. The predicted octanol–water partition coefficient (Wildman–Crippen LogP) is 2.36. The predicted molar refractivity (Wildman–Crippen MR) is 114 cm³/mol. The molecule has 2 N–H and O–H groups in total. The summed E-state index contributed by atoms with van der Waals surface area (Å²) in [5.41, 5.74) is 9.04. The first-order valence-corrected chi connectivity index (χ1v) is 9.65. The molecule has 0 aromatic heterocycles. The minimum Gasteiger partial charge on any atom is -0.493 e. The molecule has 1 amide bonds. The molecule has 1 aromatic rings. The number of ether oxygens (including phenoxy) is 2. The van der Waals surface area contributed by atoms with Gasteiger partial charge in [-0.25, -0.2) is 0 Å². The maximum atomic E-state index is 13.0. The molecular weight excluding hydrogens is 420 g/mol. The fourth-order valence-corrected chi connectivity index (χ4v) is 4.93. The summed E-state index contributed by atoms with van der Waals surface area (Å²) in [5.74, 6) is 1.35. The van der Waals surface area contributed by atoms with Crippen LogP contribution in [0.3, 0.4) is 0 Å². The first kappa shape index (κ1) is 24.0. The number of hydrogen-bond donors (Lipinski definition) is 1. The Kier molecular flexibility index (Phi) is 8.01. The Hall–Kier alpha value is -1.28. The first-order chi connectivity index (χ1) is 13.0. The van der Waals surface area contributed by atoms with Gasteiger partial charge < -0.3 is 20.1 Å². The molecule has 6 nitrogen and oxygen atoms in total. The summed E-state index contributed by atoms with van der Waals surface area (Å²) in [6.07, 6.45) is 2.01. The van der Waals surface area contributed by atoms with E-state index in [-0.39, 0.29) is 54.8 Å². The standard InChI is InChI=1S/C20H28FN3O3.2ClH/c1-26-18-6-13-3-4-23-11-17(24-10-12(9-21)5-20(24)25)15(22)8-16(23)14(13)7-19(18)27-2;;/h6-7,12,15-17H,3-5,8-11,22H2,1-2H3;2*1H/t12-,15?,16?,17?;;/m0../s1. The lowest BCUT2D eigenvalue weighted by molar-refractivity contribution is -0.131. The van der Waals surface area contributed by atoms with Gasteiger partial charge in [-0.05, 0) is 36.1 Å². The Morgan fingerprint density at radius 1 is 1.17 bits per heavy atom. The van der Waals surface area contributed by atoms with Crippen molar-refractivity contribution in [1.82, 2.24) is 9.80 Å². The van der Waals surface area contributed by atoms with Crippen molar-refractivity contribution >= 4 is 30.7 Å². The maximum Gasteiger partial charge on any atom is 0.223 e. The van der Waals surface area contributed by atoms with E-state index in [0.717, 1.165) is 37.4 Å². The smallest absolute Gasteiger partial charge is 0.223 e. The molecule has 2 saturated heterocycles. The highest BCUT2D eigenvalue weighted by atomic mass is 35.5. The van der Waals surface area contributed by atoms with Crippen LogP contribution >= 0.6 is 24.8 Å². The van der Waals surface area contributed by atoms with Gasteiger partial charge in [0.15, 0.2) is 11.5 Å². The average molecular weight is 450 g/mol. The molecule has 3 unspecified atom stereocenters. The fourth-order valence-electron chi connectivity index (χ4n) is 4.93. The maximum absolute atomic E-state index is 13.0. The van der Waals surface area contributed by atoms with Crippen molar-refractivity contribution in [1.29, 1.82) is 0 Å². The van der Waals surface area contributed by atoms with E-state index in [1.807, 2.05) is 4.90 Å². The molecule has 0 aliphatic carbocycles. The van der Waals surface area contributed by atoms with E-state index in [1.165, 1.54) is 11.1 Å². The molecule has 3 aliphatic heterocycles. The highest BCUT2D eigenvalue weighted by Gasteiger charge is 2.44. The van der Waals surface area contributed by atoms with Gasteiger partial charge >= 0.3 is 0 Å². The van der Waals surface area contributed by atoms with Crippen LogP contribution in [-0.2, 0) is 11.2 Å². The topological polar surface area (TPSA) is 68.0 Å². The van der Waals surface area contributed by atoms with Crippen LogP contribution in [0.5, 0.6) is 11.5 Å². The number of alkyl halides is 1. The van der Waals surface area contributed by atoms with Gasteiger partial charge in [0.25, 0.3) is 0 Å². The van der Waals surface area contributed by atoms with Crippen molar-refractivity contribution in [2.24, 2.45) is 11.7 Å². The number of rotatable bonds is 4. The fraction of sp³-hybridized carbons (Fsp3) is 0.650. The summed E-state index contributed by atoms with van der Waals surface area (Å²) in [7, 11) is 3.30. The van der Waals surface area contributed by atoms with Crippen LogP contribution in [0.15, 0.2) is 12.1 Å². The van der Waals surface area contributed by atoms with Crippen LogP contribution in [0.4, 0.5) is 4.39 Å². The Labute approximate surface area is 183 Å². The van der Waals surface area contributed by atoms with Gasteiger partial charge in [-0.2, -0.15) is 0 Å². The molecule has 0 spiro atoms. The largest absolute Gasteiger partial charge is 0.493 e. The number of amides is 1. The highest BCUT2D eigenvalue weighted by Crippen LogP contribution is 2.42. The van der Waals surface area contributed by atoms with Crippen LogP contribution in [-0.4, -0.2) is 68.3 Å². The second-order valence-electron chi connectivity index (χ2n) is 7.90. The normalized spacial score (nSPS) is 28.7. The molecule has 0 saturated carbocycles. The van der Waals surface area contributed by atoms with Gasteiger partial charge in [-0.3, -0.25) is 14.1 Å². The zero-order valence-electron chi connectivity index (χ0n) is 16.8. The van der Waals surface area contributed by atoms with Crippen molar-refractivity contribution in [3.63, 3.8) is 0 Å². The molecule has 4 rings (SSSR count). The van der Waals surface area contributed by atoms with Gasteiger partial charge in [0.1, 0.15) is 0 Å². The van der Waals surface area contributed by atoms with Gasteiger partial charge in [0.2, 0.25) is 5.91 Å². The van der Waals surface area contributed by atoms with Crippen LogP contribution in [0.25, 0.3) is 0 Å². The summed E-state index contributed by atoms with van der Waals surface area (Å²) in [5, 5.41) is 0. The number of hydrogen-bond acceptors (Lipinski definition) is 5. The number of piperidine rings is 1. The number of carbonyl (C=O) groups excluding carboxylic acids is 1. The number of fused-ring (bicyclic) bond motifs is 3. The Morgan fingerprint density at radius 2 is 1.86 bits per heavy atom. The molecule has 29 heavy (non-hydrogen) atoms. The van der Waals surface area contributed by atoms with Crippen molar-refractivity contribution < 1.29 is 18.7 Å². The lowest BCUT2D eigenvalue weighted by Crippen LogP contribution is -2.60. The minimum absolute atomic E-state index is 0. The number of methoxy groups -OCH3 is 2. The lowest BCUT2D eigenvalue weighted by Gasteiger charge is -2.48. The minimum atomic E-state index is -0.439. The van der Waals surface area contributed by atoms with Crippen molar-refractivity contribution in [2.75, 3.05) is 40.5 Å².